The number of carbonyl (C=O) groups excluding carboxylic acids is 1. The molecule has 2 rings (SSSR count). The highest BCUT2D eigenvalue weighted by Crippen LogP contribution is 2.19. The van der Waals surface area contributed by atoms with Crippen molar-refractivity contribution in [3.63, 3.8) is 0 Å². The summed E-state index contributed by atoms with van der Waals surface area (Å²) < 4.78 is 4.90. The van der Waals surface area contributed by atoms with Gasteiger partial charge in [0.05, 0.1) is 0 Å². The molecule has 0 aliphatic carbocycles. The van der Waals surface area contributed by atoms with Crippen molar-refractivity contribution in [1.82, 2.24) is 15.0 Å². The monoisotopic (exact) mass is 237 g/mol. The first-order valence-corrected chi connectivity index (χ1v) is 6.25. The van der Waals surface area contributed by atoms with Crippen LogP contribution in [-0.2, 0) is 6.42 Å². The first kappa shape index (κ1) is 12.2. The lowest BCUT2D eigenvalue weighted by atomic mass is 9.94. The van der Waals surface area contributed by atoms with Gasteiger partial charge >= 0.3 is 0 Å². The Kier molecular flexibility index (Phi) is 3.89. The predicted molar refractivity (Wildman–Crippen MR) is 62.8 cm³/mol. The van der Waals surface area contributed by atoms with E-state index in [2.05, 4.69) is 22.0 Å². The number of hydrogen-bond acceptors (Lipinski definition) is 5. The molecule has 0 N–H and O–H groups in total. The van der Waals surface area contributed by atoms with E-state index < -0.39 is 0 Å². The average molecular weight is 237 g/mol. The van der Waals surface area contributed by atoms with Gasteiger partial charge in [-0.3, -0.25) is 4.79 Å². The Hall–Kier alpha value is -1.23. The minimum Gasteiger partial charge on any atom is -0.331 e. The highest BCUT2D eigenvalue weighted by atomic mass is 16.5. The summed E-state index contributed by atoms with van der Waals surface area (Å²) in [6.07, 6.45) is 3.25. The summed E-state index contributed by atoms with van der Waals surface area (Å²) in [6.45, 7) is 7.02. The Bertz CT molecular complexity index is 389. The zero-order valence-electron chi connectivity index (χ0n) is 10.5. The fourth-order valence-corrected chi connectivity index (χ4v) is 2.34. The molecule has 1 atom stereocenters. The average Bonchev–Trinajstić information content (AvgIpc) is 2.78. The molecule has 0 aromatic carbocycles. The predicted octanol–water partition coefficient (Wildman–Crippen LogP) is 1.55. The van der Waals surface area contributed by atoms with Gasteiger partial charge in [-0.15, -0.1) is 0 Å². The lowest BCUT2D eigenvalue weighted by Crippen LogP contribution is -2.36. The molecule has 1 aromatic heterocycles. The molecule has 1 aliphatic rings. The van der Waals surface area contributed by atoms with Crippen LogP contribution >= 0.6 is 0 Å². The smallest absolute Gasteiger partial charge is 0.293 e. The van der Waals surface area contributed by atoms with E-state index in [0.29, 0.717) is 11.7 Å². The van der Waals surface area contributed by atoms with Crippen LogP contribution in [0.3, 0.4) is 0 Å². The molecule has 1 unspecified atom stereocenters. The van der Waals surface area contributed by atoms with Gasteiger partial charge in [0.25, 0.3) is 5.89 Å². The quantitative estimate of drug-likeness (QED) is 0.743. The van der Waals surface area contributed by atoms with Crippen molar-refractivity contribution in [2.45, 2.75) is 33.1 Å². The molecular formula is C12H19N3O2. The van der Waals surface area contributed by atoms with Crippen LogP contribution in [0.2, 0.25) is 0 Å². The molecule has 5 heteroatoms. The maximum Gasteiger partial charge on any atom is 0.293 e. The highest BCUT2D eigenvalue weighted by molar-refractivity contribution is 5.89. The first-order valence-electron chi connectivity index (χ1n) is 6.25. The molecule has 0 amide bonds. The number of carbonyl (C=O) groups is 1. The van der Waals surface area contributed by atoms with Crippen LogP contribution in [0, 0.1) is 5.92 Å². The van der Waals surface area contributed by atoms with Crippen molar-refractivity contribution in [3.05, 3.63) is 11.7 Å². The molecule has 1 fully saturated rings. The second-order valence-electron chi connectivity index (χ2n) is 4.68. The molecule has 1 saturated heterocycles. The van der Waals surface area contributed by atoms with Crippen LogP contribution in [0.5, 0.6) is 0 Å². The summed E-state index contributed by atoms with van der Waals surface area (Å²) in [4.78, 5) is 17.6. The number of nitrogens with zero attached hydrogens (tertiary/aromatic N) is 3. The summed E-state index contributed by atoms with van der Waals surface area (Å²) in [6, 6.07) is 0. The number of aromatic nitrogens is 2. The van der Waals surface area contributed by atoms with Gasteiger partial charge in [-0.25, -0.2) is 0 Å². The second kappa shape index (κ2) is 5.40. The van der Waals surface area contributed by atoms with Crippen molar-refractivity contribution in [2.75, 3.05) is 19.6 Å². The number of Topliss-reactive ketones (excluding diaryl/α,β-unsaturated/α-hetero) is 1. The molecule has 0 radical (unpaired) electrons. The maximum atomic E-state index is 11.0. The van der Waals surface area contributed by atoms with Crippen LogP contribution in [-0.4, -0.2) is 40.5 Å². The summed E-state index contributed by atoms with van der Waals surface area (Å²) in [7, 11) is 0. The van der Waals surface area contributed by atoms with E-state index in [1.165, 1.54) is 26.3 Å². The second-order valence-corrected chi connectivity index (χ2v) is 4.68. The van der Waals surface area contributed by atoms with Crippen molar-refractivity contribution < 1.29 is 9.32 Å². The van der Waals surface area contributed by atoms with E-state index in [1.54, 1.807) is 0 Å². The normalized spacial score (nSPS) is 21.6. The molecule has 0 saturated carbocycles. The van der Waals surface area contributed by atoms with E-state index in [0.717, 1.165) is 19.5 Å². The zero-order valence-corrected chi connectivity index (χ0v) is 10.5. The van der Waals surface area contributed by atoms with Crippen LogP contribution in [0.15, 0.2) is 4.52 Å². The van der Waals surface area contributed by atoms with Crippen LogP contribution in [0.4, 0.5) is 0 Å². The third-order valence-corrected chi connectivity index (χ3v) is 3.29. The van der Waals surface area contributed by atoms with Crippen LogP contribution in [0.25, 0.3) is 0 Å². The fourth-order valence-electron chi connectivity index (χ4n) is 2.34. The number of likely N-dealkylation sites (tertiary alicyclic amines) is 1. The van der Waals surface area contributed by atoms with E-state index in [9.17, 15) is 4.79 Å². The largest absolute Gasteiger partial charge is 0.331 e. The third kappa shape index (κ3) is 3.12. The number of hydrogen-bond donors (Lipinski definition) is 0. The topological polar surface area (TPSA) is 59.2 Å². The van der Waals surface area contributed by atoms with Gasteiger partial charge in [0.2, 0.25) is 5.78 Å². The molecule has 5 nitrogen and oxygen atoms in total. The van der Waals surface area contributed by atoms with Gasteiger partial charge in [-0.05, 0) is 31.8 Å². The van der Waals surface area contributed by atoms with Gasteiger partial charge in [0.15, 0.2) is 5.82 Å². The van der Waals surface area contributed by atoms with Crippen molar-refractivity contribution >= 4 is 5.78 Å². The van der Waals surface area contributed by atoms with Gasteiger partial charge in [-0.2, -0.15) is 4.98 Å². The lowest BCUT2D eigenvalue weighted by molar-refractivity contribution is 0.0972. The summed E-state index contributed by atoms with van der Waals surface area (Å²) in [5.41, 5.74) is 0. The Labute approximate surface area is 101 Å². The minimum absolute atomic E-state index is 0.128. The molecule has 0 bridgehead atoms. The van der Waals surface area contributed by atoms with Gasteiger partial charge in [0, 0.05) is 19.9 Å². The molecule has 1 aliphatic heterocycles. The zero-order chi connectivity index (χ0) is 12.3. The first-order chi connectivity index (χ1) is 8.19. The fraction of sp³-hybridized carbons (Fsp3) is 0.750. The van der Waals surface area contributed by atoms with Gasteiger partial charge in [0.1, 0.15) is 0 Å². The van der Waals surface area contributed by atoms with Crippen molar-refractivity contribution in [3.8, 4) is 0 Å². The summed E-state index contributed by atoms with van der Waals surface area (Å²) in [5.74, 6) is 1.21. The summed E-state index contributed by atoms with van der Waals surface area (Å²) in [5, 5.41) is 3.86. The Morgan fingerprint density at radius 3 is 3.06 bits per heavy atom. The van der Waals surface area contributed by atoms with Crippen LogP contribution < -0.4 is 0 Å². The molecular weight excluding hydrogens is 218 g/mol. The third-order valence-electron chi connectivity index (χ3n) is 3.29. The highest BCUT2D eigenvalue weighted by Gasteiger charge is 2.21. The lowest BCUT2D eigenvalue weighted by Gasteiger charge is -2.31. The van der Waals surface area contributed by atoms with E-state index in [4.69, 9.17) is 4.52 Å². The maximum absolute atomic E-state index is 11.0. The van der Waals surface area contributed by atoms with Crippen LogP contribution in [0.1, 0.15) is 43.2 Å². The van der Waals surface area contributed by atoms with E-state index in [1.807, 2.05) is 0 Å². The SMILES string of the molecule is CCN1CCCC(Cc2noc(C(C)=O)n2)C1. The standard InChI is InChI=1S/C12H19N3O2/c1-3-15-6-4-5-10(8-15)7-11-13-12(9(2)16)17-14-11/h10H,3-8H2,1-2H3. The molecule has 0 spiro atoms. The molecule has 1 aromatic rings. The Balaban J connectivity index is 1.93. The van der Waals surface area contributed by atoms with Gasteiger partial charge in [-0.1, -0.05) is 12.1 Å². The van der Waals surface area contributed by atoms with Gasteiger partial charge < -0.3 is 9.42 Å². The molecule has 2 heterocycles. The van der Waals surface area contributed by atoms with E-state index in [-0.39, 0.29) is 11.7 Å². The molecule has 17 heavy (non-hydrogen) atoms. The summed E-state index contributed by atoms with van der Waals surface area (Å²) >= 11 is 0. The Morgan fingerprint density at radius 1 is 1.59 bits per heavy atom. The number of ketones is 1. The van der Waals surface area contributed by atoms with Crippen molar-refractivity contribution in [1.29, 1.82) is 0 Å². The van der Waals surface area contributed by atoms with Crippen molar-refractivity contribution in [2.24, 2.45) is 5.92 Å². The molecule has 94 valence electrons. The Morgan fingerprint density at radius 2 is 2.41 bits per heavy atom. The number of piperidine rings is 1. The minimum atomic E-state index is -0.164. The van der Waals surface area contributed by atoms with E-state index >= 15 is 0 Å². The number of rotatable bonds is 4.